The second kappa shape index (κ2) is 6.26. The lowest BCUT2D eigenvalue weighted by Gasteiger charge is -2.11. The van der Waals surface area contributed by atoms with Gasteiger partial charge in [-0.15, -0.1) is 0 Å². The molecule has 2 aromatic rings. The Morgan fingerprint density at radius 3 is 2.48 bits per heavy atom. The van der Waals surface area contributed by atoms with Crippen LogP contribution in [-0.4, -0.2) is 11.1 Å². The van der Waals surface area contributed by atoms with Crippen LogP contribution in [0.2, 0.25) is 0 Å². The van der Waals surface area contributed by atoms with Crippen LogP contribution in [0.3, 0.4) is 0 Å². The minimum Gasteiger partial charge on any atom is -0.477 e. The SMILES string of the molecule is CCCc1ccc(Oc2ccc(F)c(N)c2C(=O)O)cc1. The van der Waals surface area contributed by atoms with E-state index in [4.69, 9.17) is 15.6 Å². The van der Waals surface area contributed by atoms with Gasteiger partial charge in [0, 0.05) is 0 Å². The van der Waals surface area contributed by atoms with Crippen LogP contribution >= 0.6 is 0 Å². The Hall–Kier alpha value is -2.56. The maximum Gasteiger partial charge on any atom is 0.341 e. The average Bonchev–Trinajstić information content (AvgIpc) is 2.45. The number of aromatic carboxylic acids is 1. The molecule has 0 saturated heterocycles. The van der Waals surface area contributed by atoms with Gasteiger partial charge in [0.2, 0.25) is 0 Å². The lowest BCUT2D eigenvalue weighted by atomic mass is 10.1. The number of nitrogen functional groups attached to an aromatic ring is 1. The summed E-state index contributed by atoms with van der Waals surface area (Å²) >= 11 is 0. The first-order chi connectivity index (χ1) is 10.0. The zero-order valence-electron chi connectivity index (χ0n) is 11.6. The minimum atomic E-state index is -1.33. The topological polar surface area (TPSA) is 72.5 Å². The van der Waals surface area contributed by atoms with Gasteiger partial charge in [0.15, 0.2) is 0 Å². The lowest BCUT2D eigenvalue weighted by molar-refractivity contribution is 0.0695. The molecular formula is C16H16FNO3. The molecule has 4 nitrogen and oxygen atoms in total. The molecule has 2 rings (SSSR count). The van der Waals surface area contributed by atoms with Gasteiger partial charge in [-0.2, -0.15) is 0 Å². The third kappa shape index (κ3) is 3.31. The Morgan fingerprint density at radius 2 is 1.90 bits per heavy atom. The highest BCUT2D eigenvalue weighted by molar-refractivity contribution is 5.97. The summed E-state index contributed by atoms with van der Waals surface area (Å²) in [5.41, 5.74) is 5.84. The van der Waals surface area contributed by atoms with Gasteiger partial charge >= 0.3 is 5.97 Å². The molecule has 0 aliphatic heterocycles. The van der Waals surface area contributed by atoms with Crippen LogP contribution in [0.1, 0.15) is 29.3 Å². The van der Waals surface area contributed by atoms with Gasteiger partial charge in [0.1, 0.15) is 22.9 Å². The fraction of sp³-hybridized carbons (Fsp3) is 0.188. The number of carbonyl (C=O) groups is 1. The van der Waals surface area contributed by atoms with E-state index in [2.05, 4.69) is 6.92 Å². The first kappa shape index (κ1) is 14.8. The standard InChI is InChI=1S/C16H16FNO3/c1-2-3-10-4-6-11(7-5-10)21-13-9-8-12(17)15(18)14(13)16(19)20/h4-9H,2-3,18H2,1H3,(H,19,20). The fourth-order valence-corrected chi connectivity index (χ4v) is 2.02. The molecule has 21 heavy (non-hydrogen) atoms. The first-order valence-electron chi connectivity index (χ1n) is 6.61. The molecule has 0 aliphatic rings. The Balaban J connectivity index is 2.31. The molecule has 0 atom stereocenters. The second-order valence-electron chi connectivity index (χ2n) is 4.64. The van der Waals surface area contributed by atoms with E-state index in [9.17, 15) is 9.18 Å². The normalized spacial score (nSPS) is 10.4. The molecule has 2 aromatic carbocycles. The monoisotopic (exact) mass is 289 g/mol. The minimum absolute atomic E-state index is 0.0182. The second-order valence-corrected chi connectivity index (χ2v) is 4.64. The van der Waals surface area contributed by atoms with Gasteiger partial charge < -0.3 is 15.6 Å². The summed E-state index contributed by atoms with van der Waals surface area (Å²) in [6, 6.07) is 9.66. The van der Waals surface area contributed by atoms with Gasteiger partial charge in [-0.1, -0.05) is 25.5 Å². The van der Waals surface area contributed by atoms with Gasteiger partial charge in [-0.3, -0.25) is 0 Å². The van der Waals surface area contributed by atoms with Crippen molar-refractivity contribution in [3.8, 4) is 11.5 Å². The molecule has 0 aliphatic carbocycles. The maximum atomic E-state index is 13.4. The molecule has 110 valence electrons. The Morgan fingerprint density at radius 1 is 1.24 bits per heavy atom. The number of ether oxygens (including phenoxy) is 1. The van der Waals surface area contributed by atoms with Crippen molar-refractivity contribution in [2.75, 3.05) is 5.73 Å². The zero-order valence-corrected chi connectivity index (χ0v) is 11.6. The molecule has 0 unspecified atom stereocenters. The molecular weight excluding hydrogens is 273 g/mol. The molecule has 0 heterocycles. The summed E-state index contributed by atoms with van der Waals surface area (Å²) < 4.78 is 18.9. The first-order valence-corrected chi connectivity index (χ1v) is 6.61. The summed E-state index contributed by atoms with van der Waals surface area (Å²) in [5.74, 6) is -1.62. The molecule has 0 fully saturated rings. The molecule has 5 heteroatoms. The van der Waals surface area contributed by atoms with Gasteiger partial charge in [-0.05, 0) is 36.2 Å². The van der Waals surface area contributed by atoms with Crippen molar-refractivity contribution >= 4 is 11.7 Å². The van der Waals surface area contributed by atoms with E-state index >= 15 is 0 Å². The summed E-state index contributed by atoms with van der Waals surface area (Å²) in [5, 5.41) is 9.14. The van der Waals surface area contributed by atoms with E-state index in [0.29, 0.717) is 5.75 Å². The van der Waals surface area contributed by atoms with Crippen molar-refractivity contribution in [3.05, 3.63) is 53.3 Å². The van der Waals surface area contributed by atoms with Crippen molar-refractivity contribution in [3.63, 3.8) is 0 Å². The predicted molar refractivity (Wildman–Crippen MR) is 78.3 cm³/mol. The van der Waals surface area contributed by atoms with Crippen LogP contribution in [0.4, 0.5) is 10.1 Å². The highest BCUT2D eigenvalue weighted by Crippen LogP contribution is 2.31. The van der Waals surface area contributed by atoms with Crippen LogP contribution in [-0.2, 0) is 6.42 Å². The number of carboxylic acid groups (broad SMARTS) is 1. The van der Waals surface area contributed by atoms with E-state index in [0.717, 1.165) is 18.9 Å². The highest BCUT2D eigenvalue weighted by Gasteiger charge is 2.19. The number of aryl methyl sites for hydroxylation is 1. The molecule has 3 N–H and O–H groups in total. The van der Waals surface area contributed by atoms with Crippen molar-refractivity contribution in [2.45, 2.75) is 19.8 Å². The fourth-order valence-electron chi connectivity index (χ4n) is 2.02. The summed E-state index contributed by atoms with van der Waals surface area (Å²) in [4.78, 5) is 11.2. The summed E-state index contributed by atoms with van der Waals surface area (Å²) in [7, 11) is 0. The third-order valence-corrected chi connectivity index (χ3v) is 3.06. The Bertz CT molecular complexity index is 653. The van der Waals surface area contributed by atoms with Crippen molar-refractivity contribution < 1.29 is 19.0 Å². The van der Waals surface area contributed by atoms with Crippen LogP contribution in [0.25, 0.3) is 0 Å². The number of hydrogen-bond donors (Lipinski definition) is 2. The molecule has 0 saturated carbocycles. The largest absolute Gasteiger partial charge is 0.477 e. The number of anilines is 1. The number of hydrogen-bond acceptors (Lipinski definition) is 3. The number of rotatable bonds is 5. The number of halogens is 1. The van der Waals surface area contributed by atoms with Crippen LogP contribution in [0.15, 0.2) is 36.4 Å². The highest BCUT2D eigenvalue weighted by atomic mass is 19.1. The van der Waals surface area contributed by atoms with Crippen molar-refractivity contribution in [1.82, 2.24) is 0 Å². The van der Waals surface area contributed by atoms with E-state index < -0.39 is 17.5 Å². The molecule has 0 aromatic heterocycles. The Labute approximate surface area is 122 Å². The maximum absolute atomic E-state index is 13.4. The quantitative estimate of drug-likeness (QED) is 0.820. The smallest absolute Gasteiger partial charge is 0.341 e. The molecule has 0 amide bonds. The predicted octanol–water partition coefficient (Wildman–Crippen LogP) is 3.85. The van der Waals surface area contributed by atoms with E-state index in [1.165, 1.54) is 11.6 Å². The van der Waals surface area contributed by atoms with Crippen molar-refractivity contribution in [1.29, 1.82) is 0 Å². The molecule has 0 spiro atoms. The molecule has 0 bridgehead atoms. The zero-order chi connectivity index (χ0) is 15.4. The van der Waals surface area contributed by atoms with E-state index in [-0.39, 0.29) is 11.3 Å². The van der Waals surface area contributed by atoms with Crippen LogP contribution in [0.5, 0.6) is 11.5 Å². The van der Waals surface area contributed by atoms with Gasteiger partial charge in [0.25, 0.3) is 0 Å². The summed E-state index contributed by atoms with van der Waals surface area (Å²) in [6.07, 6.45) is 2.00. The average molecular weight is 289 g/mol. The van der Waals surface area contributed by atoms with Gasteiger partial charge in [0.05, 0.1) is 5.69 Å². The Kier molecular flexibility index (Phi) is 4.42. The number of nitrogens with two attached hydrogens (primary N) is 1. The van der Waals surface area contributed by atoms with Crippen LogP contribution in [0, 0.1) is 5.82 Å². The lowest BCUT2D eigenvalue weighted by Crippen LogP contribution is -2.07. The van der Waals surface area contributed by atoms with Crippen LogP contribution < -0.4 is 10.5 Å². The van der Waals surface area contributed by atoms with E-state index in [1.807, 2.05) is 12.1 Å². The molecule has 0 radical (unpaired) electrons. The number of carboxylic acids is 1. The number of benzene rings is 2. The third-order valence-electron chi connectivity index (χ3n) is 3.06. The van der Waals surface area contributed by atoms with E-state index in [1.54, 1.807) is 12.1 Å². The van der Waals surface area contributed by atoms with Gasteiger partial charge in [-0.25, -0.2) is 9.18 Å². The summed E-state index contributed by atoms with van der Waals surface area (Å²) in [6.45, 7) is 2.09. The van der Waals surface area contributed by atoms with Crippen molar-refractivity contribution in [2.24, 2.45) is 0 Å².